The van der Waals surface area contributed by atoms with Crippen LogP contribution >= 0.6 is 15.9 Å². The van der Waals surface area contributed by atoms with Crippen LogP contribution < -0.4 is 10.2 Å². The van der Waals surface area contributed by atoms with Crippen LogP contribution in [0.4, 0.5) is 5.69 Å². The van der Waals surface area contributed by atoms with Gasteiger partial charge < -0.3 is 10.2 Å². The van der Waals surface area contributed by atoms with Crippen molar-refractivity contribution in [1.82, 2.24) is 5.32 Å². The van der Waals surface area contributed by atoms with Gasteiger partial charge in [0.1, 0.15) is 0 Å². The fourth-order valence-electron chi connectivity index (χ4n) is 2.14. The van der Waals surface area contributed by atoms with Crippen molar-refractivity contribution >= 4 is 21.6 Å². The van der Waals surface area contributed by atoms with Crippen LogP contribution in [0.3, 0.4) is 0 Å². The molecule has 0 aliphatic rings. The number of hydrogen-bond acceptors (Lipinski definition) is 2. The number of nitrogens with zero attached hydrogens (tertiary/aromatic N) is 1. The van der Waals surface area contributed by atoms with Crippen LogP contribution in [0, 0.1) is 0 Å². The Morgan fingerprint density at radius 3 is 2.61 bits per heavy atom. The Kier molecular flexibility index (Phi) is 6.72. The molecule has 1 unspecified atom stereocenters. The molecule has 0 spiro atoms. The highest BCUT2D eigenvalue weighted by atomic mass is 79.9. The molecule has 102 valence electrons. The van der Waals surface area contributed by atoms with Crippen molar-refractivity contribution in [3.05, 3.63) is 28.2 Å². The van der Waals surface area contributed by atoms with Gasteiger partial charge in [0.15, 0.2) is 0 Å². The van der Waals surface area contributed by atoms with Crippen LogP contribution in [0.1, 0.15) is 45.2 Å². The van der Waals surface area contributed by atoms with E-state index in [1.54, 1.807) is 0 Å². The van der Waals surface area contributed by atoms with Crippen molar-refractivity contribution in [1.29, 1.82) is 0 Å². The monoisotopic (exact) mass is 312 g/mol. The summed E-state index contributed by atoms with van der Waals surface area (Å²) >= 11 is 3.57. The first-order valence-electron chi connectivity index (χ1n) is 6.84. The van der Waals surface area contributed by atoms with Crippen molar-refractivity contribution in [2.45, 2.75) is 39.7 Å². The van der Waals surface area contributed by atoms with Gasteiger partial charge in [0, 0.05) is 29.8 Å². The molecule has 1 rings (SSSR count). The Hall–Kier alpha value is -0.540. The highest BCUT2D eigenvalue weighted by Gasteiger charge is 2.13. The first-order valence-corrected chi connectivity index (χ1v) is 7.63. The Bertz CT molecular complexity index is 366. The molecule has 1 atom stereocenters. The highest BCUT2D eigenvalue weighted by Crippen LogP contribution is 2.29. The Labute approximate surface area is 120 Å². The number of rotatable bonds is 7. The second kappa shape index (κ2) is 7.80. The maximum absolute atomic E-state index is 3.57. The fourth-order valence-corrected chi connectivity index (χ4v) is 2.49. The number of nitrogens with one attached hydrogen (secondary N) is 1. The third kappa shape index (κ3) is 4.29. The molecule has 0 amide bonds. The van der Waals surface area contributed by atoms with Crippen LogP contribution in [-0.4, -0.2) is 20.1 Å². The zero-order chi connectivity index (χ0) is 13.5. The molecule has 2 nitrogen and oxygen atoms in total. The van der Waals surface area contributed by atoms with E-state index in [0.29, 0.717) is 6.04 Å². The van der Waals surface area contributed by atoms with Crippen molar-refractivity contribution < 1.29 is 0 Å². The summed E-state index contributed by atoms with van der Waals surface area (Å²) in [4.78, 5) is 2.34. The first kappa shape index (κ1) is 15.5. The summed E-state index contributed by atoms with van der Waals surface area (Å²) in [6.45, 7) is 8.80. The van der Waals surface area contributed by atoms with Gasteiger partial charge in [0.05, 0.1) is 0 Å². The smallest absolute Gasteiger partial charge is 0.0423 e. The lowest BCUT2D eigenvalue weighted by Gasteiger charge is -2.25. The maximum atomic E-state index is 3.57. The lowest BCUT2D eigenvalue weighted by Crippen LogP contribution is -2.24. The van der Waals surface area contributed by atoms with Crippen LogP contribution in [0.2, 0.25) is 0 Å². The third-order valence-corrected chi connectivity index (χ3v) is 3.62. The van der Waals surface area contributed by atoms with Crippen LogP contribution in [-0.2, 0) is 0 Å². The van der Waals surface area contributed by atoms with Crippen molar-refractivity contribution in [2.24, 2.45) is 0 Å². The molecule has 0 aliphatic heterocycles. The summed E-state index contributed by atoms with van der Waals surface area (Å²) in [6, 6.07) is 6.96. The molecule has 0 heterocycles. The highest BCUT2D eigenvalue weighted by molar-refractivity contribution is 9.10. The summed E-state index contributed by atoms with van der Waals surface area (Å²) in [6.07, 6.45) is 2.33. The standard InChI is InChI=1S/C15H25BrN2/c1-5-9-17-12(3)14-8-7-13(16)11-15(14)18(4)10-6-2/h7-8,11-12,17H,5-6,9-10H2,1-4H3. The van der Waals surface area contributed by atoms with Gasteiger partial charge in [-0.05, 0) is 44.0 Å². The number of hydrogen-bond donors (Lipinski definition) is 1. The van der Waals surface area contributed by atoms with Gasteiger partial charge in [-0.1, -0.05) is 35.8 Å². The molecule has 0 aromatic heterocycles. The number of benzene rings is 1. The molecule has 0 saturated heterocycles. The van der Waals surface area contributed by atoms with E-state index in [9.17, 15) is 0 Å². The van der Waals surface area contributed by atoms with E-state index in [1.807, 2.05) is 0 Å². The zero-order valence-electron chi connectivity index (χ0n) is 12.0. The minimum Gasteiger partial charge on any atom is -0.374 e. The summed E-state index contributed by atoms with van der Waals surface area (Å²) < 4.78 is 1.15. The zero-order valence-corrected chi connectivity index (χ0v) is 13.5. The van der Waals surface area contributed by atoms with Crippen LogP contribution in [0.5, 0.6) is 0 Å². The Balaban J connectivity index is 2.95. The molecule has 3 heteroatoms. The molecule has 1 N–H and O–H groups in total. The summed E-state index contributed by atoms with van der Waals surface area (Å²) in [7, 11) is 2.17. The van der Waals surface area contributed by atoms with E-state index < -0.39 is 0 Å². The largest absolute Gasteiger partial charge is 0.374 e. The van der Waals surface area contributed by atoms with Gasteiger partial charge in [-0.2, -0.15) is 0 Å². The van der Waals surface area contributed by atoms with Gasteiger partial charge in [-0.15, -0.1) is 0 Å². The summed E-state index contributed by atoms with van der Waals surface area (Å²) in [5.74, 6) is 0. The van der Waals surface area contributed by atoms with E-state index in [2.05, 4.69) is 72.2 Å². The minimum absolute atomic E-state index is 0.396. The van der Waals surface area contributed by atoms with E-state index in [4.69, 9.17) is 0 Å². The van der Waals surface area contributed by atoms with Crippen LogP contribution in [0.15, 0.2) is 22.7 Å². The Morgan fingerprint density at radius 1 is 1.28 bits per heavy atom. The summed E-state index contributed by atoms with van der Waals surface area (Å²) in [5.41, 5.74) is 2.70. The van der Waals surface area contributed by atoms with Gasteiger partial charge in [0.25, 0.3) is 0 Å². The second-order valence-electron chi connectivity index (χ2n) is 4.80. The van der Waals surface area contributed by atoms with E-state index in [1.165, 1.54) is 24.1 Å². The minimum atomic E-state index is 0.396. The first-order chi connectivity index (χ1) is 8.60. The molecule has 0 aliphatic carbocycles. The average molecular weight is 313 g/mol. The van der Waals surface area contributed by atoms with E-state index in [0.717, 1.165) is 17.6 Å². The molecule has 0 saturated carbocycles. The van der Waals surface area contributed by atoms with Crippen molar-refractivity contribution in [3.8, 4) is 0 Å². The SMILES string of the molecule is CCCNC(C)c1ccc(Br)cc1N(C)CCC. The molecular weight excluding hydrogens is 288 g/mol. The van der Waals surface area contributed by atoms with E-state index >= 15 is 0 Å². The number of anilines is 1. The third-order valence-electron chi connectivity index (χ3n) is 3.13. The lowest BCUT2D eigenvalue weighted by atomic mass is 10.0. The fraction of sp³-hybridized carbons (Fsp3) is 0.600. The van der Waals surface area contributed by atoms with Gasteiger partial charge in [-0.25, -0.2) is 0 Å². The van der Waals surface area contributed by atoms with Crippen LogP contribution in [0.25, 0.3) is 0 Å². The molecule has 18 heavy (non-hydrogen) atoms. The average Bonchev–Trinajstić information content (AvgIpc) is 2.36. The van der Waals surface area contributed by atoms with Gasteiger partial charge in [0.2, 0.25) is 0 Å². The second-order valence-corrected chi connectivity index (χ2v) is 5.72. The molecule has 1 aromatic carbocycles. The van der Waals surface area contributed by atoms with Crippen molar-refractivity contribution in [2.75, 3.05) is 25.0 Å². The summed E-state index contributed by atoms with van der Waals surface area (Å²) in [5, 5.41) is 3.56. The predicted molar refractivity (Wildman–Crippen MR) is 84.4 cm³/mol. The molecule has 0 fully saturated rings. The maximum Gasteiger partial charge on any atom is 0.0423 e. The van der Waals surface area contributed by atoms with Gasteiger partial charge in [-0.3, -0.25) is 0 Å². The predicted octanol–water partition coefficient (Wildman–Crippen LogP) is 4.36. The molecule has 1 aromatic rings. The Morgan fingerprint density at radius 2 is 2.00 bits per heavy atom. The quantitative estimate of drug-likeness (QED) is 0.805. The topological polar surface area (TPSA) is 15.3 Å². The lowest BCUT2D eigenvalue weighted by molar-refractivity contribution is 0.569. The molecule has 0 radical (unpaired) electrons. The molecular formula is C15H25BrN2. The van der Waals surface area contributed by atoms with E-state index in [-0.39, 0.29) is 0 Å². The normalized spacial score (nSPS) is 12.5. The van der Waals surface area contributed by atoms with Gasteiger partial charge >= 0.3 is 0 Å². The number of halogens is 1. The molecule has 0 bridgehead atoms. The van der Waals surface area contributed by atoms with Crippen molar-refractivity contribution in [3.63, 3.8) is 0 Å².